The van der Waals surface area contributed by atoms with E-state index in [4.69, 9.17) is 9.84 Å². The first kappa shape index (κ1) is 14.9. The van der Waals surface area contributed by atoms with E-state index < -0.39 is 10.9 Å². The number of hydrogen-bond donors (Lipinski definition) is 1. The molecule has 1 aromatic heterocycles. The molecule has 1 N–H and O–H groups in total. The van der Waals surface area contributed by atoms with Gasteiger partial charge in [0.15, 0.2) is 5.75 Å². The number of ether oxygens (including phenoxy) is 1. The number of non-ortho nitro benzene ring substituents is 1. The van der Waals surface area contributed by atoms with E-state index in [1.54, 1.807) is 0 Å². The minimum Gasteiger partial charge on any atom is -0.478 e. The highest BCUT2D eigenvalue weighted by atomic mass is 79.9. The molecule has 2 aromatic rings. The van der Waals surface area contributed by atoms with Crippen LogP contribution in [0.2, 0.25) is 0 Å². The Kier molecular flexibility index (Phi) is 4.13. The fourth-order valence-electron chi connectivity index (χ4n) is 1.49. The van der Waals surface area contributed by atoms with Crippen LogP contribution in [0, 0.1) is 17.0 Å². The highest BCUT2D eigenvalue weighted by Crippen LogP contribution is 2.31. The van der Waals surface area contributed by atoms with E-state index >= 15 is 0 Å². The van der Waals surface area contributed by atoms with Crippen molar-refractivity contribution in [3.05, 3.63) is 50.2 Å². The molecule has 1 heterocycles. The molecule has 0 saturated carbocycles. The Morgan fingerprint density at radius 3 is 2.76 bits per heavy atom. The maximum absolute atomic E-state index is 10.9. The molecule has 21 heavy (non-hydrogen) atoms. The van der Waals surface area contributed by atoms with E-state index in [9.17, 15) is 14.9 Å². The lowest BCUT2D eigenvalue weighted by Gasteiger charge is -2.07. The molecule has 0 saturated heterocycles. The third kappa shape index (κ3) is 3.31. The summed E-state index contributed by atoms with van der Waals surface area (Å²) in [5, 5.41) is 19.6. The van der Waals surface area contributed by atoms with Gasteiger partial charge in [0.2, 0.25) is 0 Å². The summed E-state index contributed by atoms with van der Waals surface area (Å²) in [5.41, 5.74) is 0.0431. The van der Waals surface area contributed by atoms with E-state index in [1.165, 1.54) is 25.1 Å². The molecule has 0 spiro atoms. The number of carboxylic acids is 1. The fraction of sp³-hybridized carbons (Fsp3) is 0.0833. The smallest absolute Gasteiger partial charge is 0.339 e. The van der Waals surface area contributed by atoms with Crippen molar-refractivity contribution in [2.75, 3.05) is 0 Å². The lowest BCUT2D eigenvalue weighted by molar-refractivity contribution is -0.384. The second kappa shape index (κ2) is 5.83. The van der Waals surface area contributed by atoms with Gasteiger partial charge in [0, 0.05) is 12.3 Å². The van der Waals surface area contributed by atoms with Crippen molar-refractivity contribution in [1.29, 1.82) is 0 Å². The molecule has 1 aromatic carbocycles. The minimum atomic E-state index is -1.14. The number of nitro groups is 1. The number of aromatic nitrogens is 2. The number of hydrogen-bond acceptors (Lipinski definition) is 6. The SMILES string of the molecule is Cc1nc(Oc2cc([N+](=O)[O-])ccc2Br)ncc1C(=O)O. The first-order chi connectivity index (χ1) is 9.88. The molecule has 2 rings (SSSR count). The van der Waals surface area contributed by atoms with E-state index in [1.807, 2.05) is 0 Å². The van der Waals surface area contributed by atoms with Crippen LogP contribution in [0.3, 0.4) is 0 Å². The lowest BCUT2D eigenvalue weighted by atomic mass is 10.2. The van der Waals surface area contributed by atoms with Crippen LogP contribution in [-0.2, 0) is 0 Å². The Morgan fingerprint density at radius 1 is 1.48 bits per heavy atom. The van der Waals surface area contributed by atoms with Crippen LogP contribution >= 0.6 is 15.9 Å². The molecule has 0 aliphatic heterocycles. The Hall–Kier alpha value is -2.55. The predicted molar refractivity (Wildman–Crippen MR) is 74.6 cm³/mol. The average Bonchev–Trinajstić information content (AvgIpc) is 2.40. The number of carbonyl (C=O) groups is 1. The van der Waals surface area contributed by atoms with E-state index in [0.29, 0.717) is 4.47 Å². The number of nitrogens with zero attached hydrogens (tertiary/aromatic N) is 3. The van der Waals surface area contributed by atoms with E-state index in [2.05, 4.69) is 25.9 Å². The maximum atomic E-state index is 10.9. The second-order valence-electron chi connectivity index (χ2n) is 3.93. The van der Waals surface area contributed by atoms with Crippen LogP contribution in [0.15, 0.2) is 28.9 Å². The van der Waals surface area contributed by atoms with Crippen molar-refractivity contribution in [3.63, 3.8) is 0 Å². The standard InChI is InChI=1S/C12H8BrN3O5/c1-6-8(11(17)18)5-14-12(15-6)21-10-4-7(16(19)20)2-3-9(10)13/h2-5H,1H3,(H,17,18). The number of aromatic carboxylic acids is 1. The molecule has 0 amide bonds. The minimum absolute atomic E-state index is 0.0412. The zero-order valence-corrected chi connectivity index (χ0v) is 12.2. The zero-order valence-electron chi connectivity index (χ0n) is 10.6. The van der Waals surface area contributed by atoms with Crippen molar-refractivity contribution in [3.8, 4) is 11.8 Å². The third-order valence-electron chi connectivity index (χ3n) is 2.51. The largest absolute Gasteiger partial charge is 0.478 e. The third-order valence-corrected chi connectivity index (χ3v) is 3.17. The summed E-state index contributed by atoms with van der Waals surface area (Å²) in [6.07, 6.45) is 1.12. The van der Waals surface area contributed by atoms with Gasteiger partial charge in [-0.15, -0.1) is 0 Å². The molecule has 0 unspecified atom stereocenters. The van der Waals surface area contributed by atoms with Gasteiger partial charge in [0.1, 0.15) is 0 Å². The van der Waals surface area contributed by atoms with Gasteiger partial charge in [-0.25, -0.2) is 9.78 Å². The molecule has 0 radical (unpaired) electrons. The van der Waals surface area contributed by atoms with Crippen molar-refractivity contribution < 1.29 is 19.6 Å². The van der Waals surface area contributed by atoms with Crippen LogP contribution in [0.4, 0.5) is 5.69 Å². The number of rotatable bonds is 4. The maximum Gasteiger partial charge on any atom is 0.339 e. The predicted octanol–water partition coefficient (Wildman–Crippen LogP) is 2.95. The summed E-state index contributed by atoms with van der Waals surface area (Å²) < 4.78 is 5.83. The molecule has 0 atom stereocenters. The quantitative estimate of drug-likeness (QED) is 0.663. The monoisotopic (exact) mass is 353 g/mol. The normalized spacial score (nSPS) is 10.2. The number of aryl methyl sites for hydroxylation is 1. The van der Waals surface area contributed by atoms with Gasteiger partial charge in [-0.1, -0.05) is 0 Å². The van der Waals surface area contributed by atoms with E-state index in [0.717, 1.165) is 6.20 Å². The number of benzene rings is 1. The summed E-state index contributed by atoms with van der Waals surface area (Å²) in [7, 11) is 0. The summed E-state index contributed by atoms with van der Waals surface area (Å²) in [4.78, 5) is 28.7. The Morgan fingerprint density at radius 2 is 2.19 bits per heavy atom. The number of carboxylic acid groups (broad SMARTS) is 1. The number of halogens is 1. The zero-order chi connectivity index (χ0) is 15.6. The Balaban J connectivity index is 2.34. The van der Waals surface area contributed by atoms with Gasteiger partial charge in [-0.3, -0.25) is 10.1 Å². The van der Waals surface area contributed by atoms with Crippen LogP contribution in [-0.4, -0.2) is 26.0 Å². The molecule has 0 fully saturated rings. The average molecular weight is 354 g/mol. The summed E-state index contributed by atoms with van der Waals surface area (Å²) in [6, 6.07) is 3.90. The lowest BCUT2D eigenvalue weighted by Crippen LogP contribution is -2.04. The van der Waals surface area contributed by atoms with Crippen molar-refractivity contribution in [2.45, 2.75) is 6.92 Å². The van der Waals surface area contributed by atoms with Crippen LogP contribution in [0.25, 0.3) is 0 Å². The first-order valence-electron chi connectivity index (χ1n) is 5.57. The highest BCUT2D eigenvalue weighted by Gasteiger charge is 2.14. The van der Waals surface area contributed by atoms with Gasteiger partial charge in [-0.2, -0.15) is 4.98 Å². The van der Waals surface area contributed by atoms with Crippen LogP contribution in [0.1, 0.15) is 16.1 Å². The summed E-state index contributed by atoms with van der Waals surface area (Å²) in [5.74, 6) is -0.984. The van der Waals surface area contributed by atoms with Gasteiger partial charge in [0.05, 0.1) is 26.7 Å². The molecule has 0 aliphatic carbocycles. The van der Waals surface area contributed by atoms with Gasteiger partial charge in [0.25, 0.3) is 5.69 Å². The van der Waals surface area contributed by atoms with Gasteiger partial charge >= 0.3 is 12.0 Å². The highest BCUT2D eigenvalue weighted by molar-refractivity contribution is 9.10. The summed E-state index contributed by atoms with van der Waals surface area (Å²) >= 11 is 3.20. The summed E-state index contributed by atoms with van der Waals surface area (Å²) in [6.45, 7) is 1.50. The van der Waals surface area contributed by atoms with Gasteiger partial charge in [-0.05, 0) is 28.9 Å². The number of nitro benzene ring substituents is 1. The van der Waals surface area contributed by atoms with E-state index in [-0.39, 0.29) is 28.7 Å². The molecule has 108 valence electrons. The molecular formula is C12H8BrN3O5. The second-order valence-corrected chi connectivity index (χ2v) is 4.79. The molecule has 0 bridgehead atoms. The molecular weight excluding hydrogens is 346 g/mol. The first-order valence-corrected chi connectivity index (χ1v) is 6.36. The van der Waals surface area contributed by atoms with Crippen molar-refractivity contribution in [1.82, 2.24) is 9.97 Å². The Labute approximate surface area is 126 Å². The van der Waals surface area contributed by atoms with Crippen LogP contribution in [0.5, 0.6) is 11.8 Å². The Bertz CT molecular complexity index is 735. The van der Waals surface area contributed by atoms with Gasteiger partial charge < -0.3 is 9.84 Å². The van der Waals surface area contributed by atoms with Crippen molar-refractivity contribution >= 4 is 27.6 Å². The molecule has 0 aliphatic rings. The van der Waals surface area contributed by atoms with Crippen molar-refractivity contribution in [2.24, 2.45) is 0 Å². The molecule has 8 nitrogen and oxygen atoms in total. The van der Waals surface area contributed by atoms with Crippen LogP contribution < -0.4 is 4.74 Å². The topological polar surface area (TPSA) is 115 Å². The molecule has 9 heteroatoms. The fourth-order valence-corrected chi connectivity index (χ4v) is 1.81.